The van der Waals surface area contributed by atoms with Gasteiger partial charge in [0.15, 0.2) is 0 Å². The molecule has 2 nitrogen and oxygen atoms in total. The van der Waals surface area contributed by atoms with Gasteiger partial charge in [-0.2, -0.15) is 5.26 Å². The van der Waals surface area contributed by atoms with Crippen molar-refractivity contribution in [3.05, 3.63) is 28.2 Å². The molecule has 0 aromatic heterocycles. The van der Waals surface area contributed by atoms with Gasteiger partial charge in [0, 0.05) is 17.6 Å². The predicted octanol–water partition coefficient (Wildman–Crippen LogP) is 2.78. The molecule has 72 valence electrons. The first-order chi connectivity index (χ1) is 6.70. The molecule has 0 spiro atoms. The molecule has 1 aromatic carbocycles. The van der Waals surface area contributed by atoms with Crippen molar-refractivity contribution >= 4 is 21.6 Å². The average molecular weight is 251 g/mol. The van der Waals surface area contributed by atoms with Gasteiger partial charge in [0.2, 0.25) is 0 Å². The Morgan fingerprint density at radius 2 is 2.21 bits per heavy atom. The number of nitriles is 1. The molecule has 0 N–H and O–H groups in total. The summed E-state index contributed by atoms with van der Waals surface area (Å²) < 4.78 is 1.03. The van der Waals surface area contributed by atoms with Crippen molar-refractivity contribution in [2.24, 2.45) is 5.92 Å². The summed E-state index contributed by atoms with van der Waals surface area (Å²) in [4.78, 5) is 2.24. The van der Waals surface area contributed by atoms with Gasteiger partial charge in [0.25, 0.3) is 0 Å². The second-order valence-electron chi connectivity index (χ2n) is 3.78. The molecule has 0 saturated carbocycles. The Balaban J connectivity index is 2.32. The predicted molar refractivity (Wildman–Crippen MR) is 60.2 cm³/mol. The lowest BCUT2D eigenvalue weighted by Crippen LogP contribution is -2.45. The van der Waals surface area contributed by atoms with Crippen LogP contribution in [0.2, 0.25) is 0 Å². The molecular formula is C11H11BrN2. The first-order valence-electron chi connectivity index (χ1n) is 4.65. The van der Waals surface area contributed by atoms with Gasteiger partial charge in [-0.3, -0.25) is 0 Å². The molecule has 0 radical (unpaired) electrons. The highest BCUT2D eigenvalue weighted by atomic mass is 79.9. The Hall–Kier alpha value is -1.01. The third kappa shape index (κ3) is 1.62. The summed E-state index contributed by atoms with van der Waals surface area (Å²) >= 11 is 3.43. The number of benzene rings is 1. The molecule has 0 unspecified atom stereocenters. The lowest BCUT2D eigenvalue weighted by Gasteiger charge is -2.39. The summed E-state index contributed by atoms with van der Waals surface area (Å²) in [6, 6.07) is 8.01. The van der Waals surface area contributed by atoms with Crippen molar-refractivity contribution in [3.8, 4) is 6.07 Å². The summed E-state index contributed by atoms with van der Waals surface area (Å²) in [6.07, 6.45) is 0. The number of nitrogens with zero attached hydrogens (tertiary/aromatic N) is 2. The van der Waals surface area contributed by atoms with Crippen molar-refractivity contribution < 1.29 is 0 Å². The first kappa shape index (κ1) is 9.54. The highest BCUT2D eigenvalue weighted by Gasteiger charge is 2.24. The number of hydrogen-bond acceptors (Lipinski definition) is 2. The maximum absolute atomic E-state index is 8.95. The van der Waals surface area contributed by atoms with Crippen LogP contribution in [-0.4, -0.2) is 13.1 Å². The minimum absolute atomic E-state index is 0.750. The van der Waals surface area contributed by atoms with Crippen LogP contribution >= 0.6 is 15.9 Å². The van der Waals surface area contributed by atoms with Gasteiger partial charge < -0.3 is 4.90 Å². The van der Waals surface area contributed by atoms with Gasteiger partial charge in [0.1, 0.15) is 6.07 Å². The maximum atomic E-state index is 8.95. The van der Waals surface area contributed by atoms with E-state index in [1.54, 1.807) is 0 Å². The summed E-state index contributed by atoms with van der Waals surface area (Å²) in [5.41, 5.74) is 1.82. The second-order valence-corrected chi connectivity index (χ2v) is 4.70. The second kappa shape index (κ2) is 3.62. The van der Waals surface area contributed by atoms with E-state index in [2.05, 4.69) is 33.8 Å². The number of anilines is 1. The minimum atomic E-state index is 0.750. The summed E-state index contributed by atoms with van der Waals surface area (Å²) in [6.45, 7) is 4.34. The summed E-state index contributed by atoms with van der Waals surface area (Å²) in [5.74, 6) is 0.750. The van der Waals surface area contributed by atoms with Crippen molar-refractivity contribution in [2.75, 3.05) is 18.0 Å². The van der Waals surface area contributed by atoms with Crippen molar-refractivity contribution in [1.29, 1.82) is 5.26 Å². The van der Waals surface area contributed by atoms with Crippen LogP contribution in [0.5, 0.6) is 0 Å². The Bertz CT molecular complexity index is 389. The first-order valence-corrected chi connectivity index (χ1v) is 5.44. The maximum Gasteiger partial charge on any atom is 0.101 e. The van der Waals surface area contributed by atoms with E-state index >= 15 is 0 Å². The summed E-state index contributed by atoms with van der Waals surface area (Å²) in [5, 5.41) is 8.95. The Morgan fingerprint density at radius 1 is 1.50 bits per heavy atom. The van der Waals surface area contributed by atoms with Gasteiger partial charge in [-0.1, -0.05) is 22.9 Å². The fourth-order valence-corrected chi connectivity index (χ4v) is 2.11. The number of rotatable bonds is 1. The lowest BCUT2D eigenvalue weighted by molar-refractivity contribution is 0.447. The van der Waals surface area contributed by atoms with E-state index in [0.717, 1.165) is 34.7 Å². The monoisotopic (exact) mass is 250 g/mol. The van der Waals surface area contributed by atoms with Crippen LogP contribution in [-0.2, 0) is 0 Å². The topological polar surface area (TPSA) is 27.0 Å². The van der Waals surface area contributed by atoms with Crippen LogP contribution in [0, 0.1) is 17.2 Å². The van der Waals surface area contributed by atoms with Gasteiger partial charge in [0.05, 0.1) is 11.3 Å². The van der Waals surface area contributed by atoms with E-state index in [0.29, 0.717) is 0 Å². The highest BCUT2D eigenvalue weighted by molar-refractivity contribution is 9.10. The van der Waals surface area contributed by atoms with Gasteiger partial charge in [-0.05, 0) is 24.1 Å². The molecule has 1 aromatic rings. The van der Waals surface area contributed by atoms with Crippen LogP contribution in [0.25, 0.3) is 0 Å². The molecule has 3 heteroatoms. The summed E-state index contributed by atoms with van der Waals surface area (Å²) in [7, 11) is 0. The quantitative estimate of drug-likeness (QED) is 0.767. The molecule has 1 heterocycles. The van der Waals surface area contributed by atoms with Crippen molar-refractivity contribution in [1.82, 2.24) is 0 Å². The fraction of sp³-hybridized carbons (Fsp3) is 0.364. The van der Waals surface area contributed by atoms with Crippen molar-refractivity contribution in [2.45, 2.75) is 6.92 Å². The van der Waals surface area contributed by atoms with E-state index in [1.165, 1.54) is 0 Å². The van der Waals surface area contributed by atoms with E-state index in [1.807, 2.05) is 18.2 Å². The number of hydrogen-bond donors (Lipinski definition) is 0. The zero-order chi connectivity index (χ0) is 10.1. The van der Waals surface area contributed by atoms with Crippen LogP contribution in [0.3, 0.4) is 0 Å². The molecule has 0 atom stereocenters. The number of halogens is 1. The van der Waals surface area contributed by atoms with Crippen molar-refractivity contribution in [3.63, 3.8) is 0 Å². The molecule has 0 amide bonds. The van der Waals surface area contributed by atoms with Crippen LogP contribution in [0.1, 0.15) is 12.5 Å². The molecule has 0 aliphatic carbocycles. The zero-order valence-corrected chi connectivity index (χ0v) is 9.58. The third-order valence-corrected chi connectivity index (χ3v) is 2.98. The zero-order valence-electron chi connectivity index (χ0n) is 8.00. The SMILES string of the molecule is CC1CN(c2cc(Br)ccc2C#N)C1. The van der Waals surface area contributed by atoms with E-state index in [-0.39, 0.29) is 0 Å². The molecule has 14 heavy (non-hydrogen) atoms. The van der Waals surface area contributed by atoms with Crippen LogP contribution in [0.15, 0.2) is 22.7 Å². The van der Waals surface area contributed by atoms with Gasteiger partial charge >= 0.3 is 0 Å². The van der Waals surface area contributed by atoms with Crippen LogP contribution < -0.4 is 4.90 Å². The molecular weight excluding hydrogens is 240 g/mol. The van der Waals surface area contributed by atoms with E-state index in [9.17, 15) is 0 Å². The smallest absolute Gasteiger partial charge is 0.101 e. The Morgan fingerprint density at radius 3 is 2.79 bits per heavy atom. The largest absolute Gasteiger partial charge is 0.370 e. The van der Waals surface area contributed by atoms with Crippen LogP contribution in [0.4, 0.5) is 5.69 Å². The molecule has 0 bridgehead atoms. The molecule has 1 saturated heterocycles. The minimum Gasteiger partial charge on any atom is -0.370 e. The van der Waals surface area contributed by atoms with Gasteiger partial charge in [-0.15, -0.1) is 0 Å². The highest BCUT2D eigenvalue weighted by Crippen LogP contribution is 2.29. The molecule has 1 aliphatic rings. The Kier molecular flexibility index (Phi) is 2.47. The van der Waals surface area contributed by atoms with E-state index in [4.69, 9.17) is 5.26 Å². The molecule has 2 rings (SSSR count). The normalized spacial score (nSPS) is 16.2. The fourth-order valence-electron chi connectivity index (χ4n) is 1.76. The Labute approximate surface area is 92.3 Å². The third-order valence-electron chi connectivity index (χ3n) is 2.49. The lowest BCUT2D eigenvalue weighted by atomic mass is 10.0. The molecule has 1 fully saturated rings. The van der Waals surface area contributed by atoms with Gasteiger partial charge in [-0.25, -0.2) is 0 Å². The standard InChI is InChI=1S/C11H11BrN2/c1-8-6-14(7-8)11-4-10(12)3-2-9(11)5-13/h2-4,8H,6-7H2,1H3. The molecule has 1 aliphatic heterocycles. The average Bonchev–Trinajstić information content (AvgIpc) is 2.13. The van der Waals surface area contributed by atoms with E-state index < -0.39 is 0 Å².